The molecule has 1 heterocycles. The van der Waals surface area contributed by atoms with Crippen LogP contribution in [-0.4, -0.2) is 17.4 Å². The summed E-state index contributed by atoms with van der Waals surface area (Å²) in [5, 5.41) is 6.32. The average Bonchev–Trinajstić information content (AvgIpc) is 3.09. The summed E-state index contributed by atoms with van der Waals surface area (Å²) >= 11 is 0. The molecule has 0 saturated carbocycles. The van der Waals surface area contributed by atoms with Crippen molar-refractivity contribution < 1.29 is 4.79 Å². The maximum Gasteiger partial charge on any atom is 0.251 e. The minimum atomic E-state index is -0.0206. The number of aromatic nitrogens is 1. The molecule has 0 saturated heterocycles. The predicted octanol–water partition coefficient (Wildman–Crippen LogP) is 4.29. The Bertz CT molecular complexity index is 1010. The number of carbonyl (C=O) groups is 1. The molecule has 0 aliphatic heterocycles. The lowest BCUT2D eigenvalue weighted by Crippen LogP contribution is -2.25. The van der Waals surface area contributed by atoms with Crippen molar-refractivity contribution in [2.24, 2.45) is 0 Å². The lowest BCUT2D eigenvalue weighted by atomic mass is 10.0. The van der Waals surface area contributed by atoms with Crippen LogP contribution < -0.4 is 5.32 Å². The SMILES string of the molecule is O=C(NCCc1ccc2cc[nH]c2c1)c1cccc2ccccc12. The summed E-state index contributed by atoms with van der Waals surface area (Å²) in [6.07, 6.45) is 2.75. The number of fused-ring (bicyclic) bond motifs is 2. The summed E-state index contributed by atoms with van der Waals surface area (Å²) < 4.78 is 0. The fourth-order valence-electron chi connectivity index (χ4n) is 3.09. The molecule has 118 valence electrons. The first-order valence-electron chi connectivity index (χ1n) is 8.13. The van der Waals surface area contributed by atoms with E-state index in [1.807, 2.05) is 48.7 Å². The van der Waals surface area contributed by atoms with Gasteiger partial charge in [0.25, 0.3) is 5.91 Å². The number of H-pyrrole nitrogens is 1. The van der Waals surface area contributed by atoms with Crippen LogP contribution >= 0.6 is 0 Å². The van der Waals surface area contributed by atoms with Crippen molar-refractivity contribution >= 4 is 27.6 Å². The number of carbonyl (C=O) groups excluding carboxylic acids is 1. The summed E-state index contributed by atoms with van der Waals surface area (Å²) in [6.45, 7) is 0.619. The predicted molar refractivity (Wildman–Crippen MR) is 98.3 cm³/mol. The Hall–Kier alpha value is -3.07. The van der Waals surface area contributed by atoms with Crippen molar-refractivity contribution in [3.05, 3.63) is 84.1 Å². The van der Waals surface area contributed by atoms with Gasteiger partial charge < -0.3 is 10.3 Å². The van der Waals surface area contributed by atoms with E-state index in [-0.39, 0.29) is 5.91 Å². The fourth-order valence-corrected chi connectivity index (χ4v) is 3.09. The number of hydrogen-bond donors (Lipinski definition) is 2. The number of amides is 1. The van der Waals surface area contributed by atoms with Gasteiger partial charge in [-0.25, -0.2) is 0 Å². The zero-order valence-electron chi connectivity index (χ0n) is 13.3. The van der Waals surface area contributed by atoms with Gasteiger partial charge >= 0.3 is 0 Å². The summed E-state index contributed by atoms with van der Waals surface area (Å²) in [5.41, 5.74) is 3.07. The quantitative estimate of drug-likeness (QED) is 0.580. The van der Waals surface area contributed by atoms with Crippen LogP contribution in [0.2, 0.25) is 0 Å². The summed E-state index contributed by atoms with van der Waals surface area (Å²) in [5.74, 6) is -0.0206. The molecule has 3 aromatic carbocycles. The van der Waals surface area contributed by atoms with Crippen molar-refractivity contribution in [2.75, 3.05) is 6.54 Å². The second-order valence-electron chi connectivity index (χ2n) is 5.93. The van der Waals surface area contributed by atoms with E-state index in [2.05, 4.69) is 34.6 Å². The van der Waals surface area contributed by atoms with Crippen molar-refractivity contribution in [1.82, 2.24) is 10.3 Å². The molecule has 1 aromatic heterocycles. The van der Waals surface area contributed by atoms with E-state index in [1.54, 1.807) is 0 Å². The van der Waals surface area contributed by atoms with Gasteiger partial charge in [-0.2, -0.15) is 0 Å². The van der Waals surface area contributed by atoms with Gasteiger partial charge in [0.05, 0.1) is 0 Å². The fraction of sp³-hybridized carbons (Fsp3) is 0.0952. The van der Waals surface area contributed by atoms with Crippen molar-refractivity contribution in [3.8, 4) is 0 Å². The van der Waals surface area contributed by atoms with Crippen LogP contribution in [0.4, 0.5) is 0 Å². The number of benzene rings is 3. The smallest absolute Gasteiger partial charge is 0.251 e. The second-order valence-corrected chi connectivity index (χ2v) is 5.93. The Morgan fingerprint density at radius 1 is 0.917 bits per heavy atom. The number of aromatic amines is 1. The van der Waals surface area contributed by atoms with Crippen LogP contribution in [0.1, 0.15) is 15.9 Å². The van der Waals surface area contributed by atoms with Crippen molar-refractivity contribution in [1.29, 1.82) is 0 Å². The highest BCUT2D eigenvalue weighted by Crippen LogP contribution is 2.18. The molecule has 0 aliphatic carbocycles. The third kappa shape index (κ3) is 2.76. The van der Waals surface area contributed by atoms with Crippen molar-refractivity contribution in [3.63, 3.8) is 0 Å². The summed E-state index contributed by atoms with van der Waals surface area (Å²) in [4.78, 5) is 15.7. The van der Waals surface area contributed by atoms with Gasteiger partial charge in [0.2, 0.25) is 0 Å². The lowest BCUT2D eigenvalue weighted by molar-refractivity contribution is 0.0956. The number of rotatable bonds is 4. The van der Waals surface area contributed by atoms with Crippen LogP contribution in [0.3, 0.4) is 0 Å². The average molecular weight is 314 g/mol. The van der Waals surface area contributed by atoms with E-state index >= 15 is 0 Å². The largest absolute Gasteiger partial charge is 0.361 e. The monoisotopic (exact) mass is 314 g/mol. The molecule has 24 heavy (non-hydrogen) atoms. The second kappa shape index (κ2) is 6.20. The molecule has 4 rings (SSSR count). The molecule has 0 atom stereocenters. The van der Waals surface area contributed by atoms with E-state index in [1.165, 1.54) is 10.9 Å². The topological polar surface area (TPSA) is 44.9 Å². The van der Waals surface area contributed by atoms with Gasteiger partial charge in [-0.1, -0.05) is 48.5 Å². The van der Waals surface area contributed by atoms with E-state index in [0.717, 1.165) is 28.3 Å². The highest BCUT2D eigenvalue weighted by Gasteiger charge is 2.09. The molecule has 3 nitrogen and oxygen atoms in total. The first kappa shape index (κ1) is 14.5. The minimum absolute atomic E-state index is 0.0206. The van der Waals surface area contributed by atoms with Crippen LogP contribution in [0.25, 0.3) is 21.7 Å². The van der Waals surface area contributed by atoms with Crippen LogP contribution in [-0.2, 0) is 6.42 Å². The van der Waals surface area contributed by atoms with Crippen LogP contribution in [0.15, 0.2) is 72.9 Å². The molecular formula is C21H18N2O. The van der Waals surface area contributed by atoms with E-state index < -0.39 is 0 Å². The molecule has 0 bridgehead atoms. The Kier molecular flexibility index (Phi) is 3.75. The summed E-state index contributed by atoms with van der Waals surface area (Å²) in [7, 11) is 0. The molecular weight excluding hydrogens is 296 g/mol. The van der Waals surface area contributed by atoms with Gasteiger partial charge in [0.1, 0.15) is 0 Å². The number of hydrogen-bond acceptors (Lipinski definition) is 1. The van der Waals surface area contributed by atoms with Gasteiger partial charge in [-0.05, 0) is 46.3 Å². The zero-order valence-corrected chi connectivity index (χ0v) is 13.3. The summed E-state index contributed by atoms with van der Waals surface area (Å²) in [6, 6.07) is 22.2. The maximum atomic E-state index is 12.5. The van der Waals surface area contributed by atoms with Crippen LogP contribution in [0.5, 0.6) is 0 Å². The molecule has 0 unspecified atom stereocenters. The van der Waals surface area contributed by atoms with Gasteiger partial charge in [0, 0.05) is 23.8 Å². The highest BCUT2D eigenvalue weighted by molar-refractivity contribution is 6.07. The van der Waals surface area contributed by atoms with E-state index in [0.29, 0.717) is 6.54 Å². The van der Waals surface area contributed by atoms with Gasteiger partial charge in [-0.15, -0.1) is 0 Å². The van der Waals surface area contributed by atoms with Crippen molar-refractivity contribution in [2.45, 2.75) is 6.42 Å². The molecule has 0 radical (unpaired) electrons. The molecule has 0 aliphatic rings. The van der Waals surface area contributed by atoms with Gasteiger partial charge in [-0.3, -0.25) is 4.79 Å². The Balaban J connectivity index is 1.46. The van der Waals surface area contributed by atoms with E-state index in [9.17, 15) is 4.79 Å². The van der Waals surface area contributed by atoms with Gasteiger partial charge in [0.15, 0.2) is 0 Å². The lowest BCUT2D eigenvalue weighted by Gasteiger charge is -2.08. The Morgan fingerprint density at radius 3 is 2.75 bits per heavy atom. The molecule has 0 fully saturated rings. The Labute approximate surface area is 140 Å². The third-order valence-corrected chi connectivity index (χ3v) is 4.35. The third-order valence-electron chi connectivity index (χ3n) is 4.35. The maximum absolute atomic E-state index is 12.5. The molecule has 0 spiro atoms. The number of nitrogens with one attached hydrogen (secondary N) is 2. The molecule has 1 amide bonds. The Morgan fingerprint density at radius 2 is 1.79 bits per heavy atom. The first-order valence-corrected chi connectivity index (χ1v) is 8.13. The molecule has 2 N–H and O–H groups in total. The van der Waals surface area contributed by atoms with Crippen LogP contribution in [0, 0.1) is 0 Å². The normalized spacial score (nSPS) is 11.0. The molecule has 3 heteroatoms. The first-order chi connectivity index (χ1) is 11.8. The highest BCUT2D eigenvalue weighted by atomic mass is 16.1. The minimum Gasteiger partial charge on any atom is -0.361 e. The molecule has 4 aromatic rings. The zero-order chi connectivity index (χ0) is 16.4. The standard InChI is InChI=1S/C21H18N2O/c24-21(19-7-3-5-16-4-1-2-6-18(16)19)23-12-10-15-8-9-17-11-13-22-20(17)14-15/h1-9,11,13-14,22H,10,12H2,(H,23,24). The van der Waals surface area contributed by atoms with E-state index in [4.69, 9.17) is 0 Å².